The number of rotatable bonds is 5. The van der Waals surface area contributed by atoms with Gasteiger partial charge in [-0.15, -0.1) is 11.6 Å². The van der Waals surface area contributed by atoms with Gasteiger partial charge in [0, 0.05) is 5.88 Å². The first kappa shape index (κ1) is 9.25. The molecule has 0 aromatic heterocycles. The van der Waals surface area contributed by atoms with Gasteiger partial charge in [0.2, 0.25) is 0 Å². The zero-order valence-electron chi connectivity index (χ0n) is 6.36. The van der Waals surface area contributed by atoms with Crippen LogP contribution in [0.3, 0.4) is 0 Å². The number of unbranched alkanes of at least 4 members (excludes halogenated alkanes) is 2. The Hall–Kier alpha value is 0.250. The molecule has 0 bridgehead atoms. The molecule has 0 radical (unpaired) electrons. The molecule has 0 saturated carbocycles. The highest BCUT2D eigenvalue weighted by atomic mass is 35.5. The van der Waals surface area contributed by atoms with E-state index in [4.69, 9.17) is 11.6 Å². The summed E-state index contributed by atoms with van der Waals surface area (Å²) in [6.07, 6.45) is 3.71. The van der Waals surface area contributed by atoms with Gasteiger partial charge in [-0.25, -0.2) is 0 Å². The molecule has 0 N–H and O–H groups in total. The minimum Gasteiger partial charge on any atom is -0.309 e. The summed E-state index contributed by atoms with van der Waals surface area (Å²) in [5.74, 6) is 0.813. The maximum atomic E-state index is 5.50. The number of nitrogens with zero attached hydrogens (tertiary/aromatic N) is 1. The summed E-state index contributed by atoms with van der Waals surface area (Å²) in [7, 11) is 4.20. The maximum absolute atomic E-state index is 5.50. The average Bonchev–Trinajstić information content (AvgIpc) is 1.80. The van der Waals surface area contributed by atoms with Crippen molar-refractivity contribution in [3.05, 3.63) is 0 Å². The molecule has 2 heteroatoms. The summed E-state index contributed by atoms with van der Waals surface area (Å²) in [5.41, 5.74) is 0. The Bertz CT molecular complexity index is 54.9. The second kappa shape index (κ2) is 6.37. The summed E-state index contributed by atoms with van der Waals surface area (Å²) >= 11 is 5.50. The molecule has 0 amide bonds. The summed E-state index contributed by atoms with van der Waals surface area (Å²) in [6, 6.07) is 0. The number of hydrogen-bond donors (Lipinski definition) is 0. The minimum absolute atomic E-state index is 0.813. The van der Waals surface area contributed by atoms with Gasteiger partial charge in [0.1, 0.15) is 0 Å². The van der Waals surface area contributed by atoms with Gasteiger partial charge >= 0.3 is 0 Å². The van der Waals surface area contributed by atoms with Crippen LogP contribution in [-0.4, -0.2) is 31.4 Å². The topological polar surface area (TPSA) is 3.24 Å². The minimum atomic E-state index is 0.813. The van der Waals surface area contributed by atoms with E-state index >= 15 is 0 Å². The zero-order chi connectivity index (χ0) is 7.11. The predicted octanol–water partition coefficient (Wildman–Crippen LogP) is 1.96. The highest BCUT2D eigenvalue weighted by Gasteiger charge is 1.89. The van der Waals surface area contributed by atoms with Crippen molar-refractivity contribution in [2.75, 3.05) is 26.5 Å². The lowest BCUT2D eigenvalue weighted by molar-refractivity contribution is 0.393. The van der Waals surface area contributed by atoms with Crippen molar-refractivity contribution in [2.45, 2.75) is 19.3 Å². The highest BCUT2D eigenvalue weighted by molar-refractivity contribution is 6.17. The molecular weight excluding hydrogens is 134 g/mol. The van der Waals surface area contributed by atoms with Crippen molar-refractivity contribution in [1.29, 1.82) is 0 Å². The fourth-order valence-corrected chi connectivity index (χ4v) is 0.888. The molecule has 0 saturated heterocycles. The second-order valence-corrected chi connectivity index (χ2v) is 2.93. The normalized spacial score (nSPS) is 10.7. The lowest BCUT2D eigenvalue weighted by atomic mass is 10.2. The lowest BCUT2D eigenvalue weighted by Gasteiger charge is -2.07. The monoisotopic (exact) mass is 149 g/mol. The van der Waals surface area contributed by atoms with E-state index in [1.807, 2.05) is 0 Å². The van der Waals surface area contributed by atoms with Gasteiger partial charge in [-0.2, -0.15) is 0 Å². The largest absolute Gasteiger partial charge is 0.309 e. The Kier molecular flexibility index (Phi) is 6.55. The smallest absolute Gasteiger partial charge is 0.0223 e. The van der Waals surface area contributed by atoms with Crippen molar-refractivity contribution in [3.63, 3.8) is 0 Å². The Morgan fingerprint density at radius 3 is 2.22 bits per heavy atom. The lowest BCUT2D eigenvalue weighted by Crippen LogP contribution is -2.12. The predicted molar refractivity (Wildman–Crippen MR) is 43.1 cm³/mol. The Balaban J connectivity index is 2.75. The van der Waals surface area contributed by atoms with E-state index in [0.717, 1.165) is 12.3 Å². The molecule has 0 aliphatic heterocycles. The van der Waals surface area contributed by atoms with E-state index in [1.54, 1.807) is 0 Å². The van der Waals surface area contributed by atoms with Gasteiger partial charge in [-0.3, -0.25) is 0 Å². The number of alkyl halides is 1. The fourth-order valence-electron chi connectivity index (χ4n) is 0.699. The summed E-state index contributed by atoms with van der Waals surface area (Å²) in [5, 5.41) is 0. The average molecular weight is 150 g/mol. The molecule has 56 valence electrons. The summed E-state index contributed by atoms with van der Waals surface area (Å²) in [4.78, 5) is 2.20. The third-order valence-corrected chi connectivity index (χ3v) is 1.51. The number of halogens is 1. The van der Waals surface area contributed by atoms with Gasteiger partial charge in [0.25, 0.3) is 0 Å². The SMILES string of the molecule is CN(C)CCCCCCl. The molecule has 0 spiro atoms. The van der Waals surface area contributed by atoms with Gasteiger partial charge < -0.3 is 4.90 Å². The molecule has 0 rings (SSSR count). The third kappa shape index (κ3) is 8.25. The van der Waals surface area contributed by atoms with Crippen LogP contribution in [0.2, 0.25) is 0 Å². The molecule has 0 unspecified atom stereocenters. The second-order valence-electron chi connectivity index (χ2n) is 2.55. The van der Waals surface area contributed by atoms with Crippen LogP contribution < -0.4 is 0 Å². The molecule has 1 nitrogen and oxygen atoms in total. The van der Waals surface area contributed by atoms with Crippen LogP contribution in [-0.2, 0) is 0 Å². The zero-order valence-corrected chi connectivity index (χ0v) is 7.12. The first-order chi connectivity index (χ1) is 4.27. The quantitative estimate of drug-likeness (QED) is 0.427. The molecule has 0 atom stereocenters. The van der Waals surface area contributed by atoms with Crippen LogP contribution in [0.1, 0.15) is 19.3 Å². The van der Waals surface area contributed by atoms with E-state index in [1.165, 1.54) is 19.4 Å². The van der Waals surface area contributed by atoms with Gasteiger partial charge in [-0.05, 0) is 33.5 Å². The third-order valence-electron chi connectivity index (χ3n) is 1.24. The maximum Gasteiger partial charge on any atom is 0.0223 e. The van der Waals surface area contributed by atoms with E-state index in [-0.39, 0.29) is 0 Å². The Labute approximate surface area is 63.0 Å². The van der Waals surface area contributed by atoms with Crippen molar-refractivity contribution < 1.29 is 0 Å². The van der Waals surface area contributed by atoms with Crippen LogP contribution in [0.4, 0.5) is 0 Å². The molecule has 0 aliphatic carbocycles. The molecule has 0 fully saturated rings. The van der Waals surface area contributed by atoms with E-state index in [9.17, 15) is 0 Å². The van der Waals surface area contributed by atoms with Crippen LogP contribution in [0, 0.1) is 0 Å². The van der Waals surface area contributed by atoms with Crippen molar-refractivity contribution in [1.82, 2.24) is 4.90 Å². The van der Waals surface area contributed by atoms with E-state index in [0.29, 0.717) is 0 Å². The fraction of sp³-hybridized carbons (Fsp3) is 1.00. The van der Waals surface area contributed by atoms with E-state index in [2.05, 4.69) is 19.0 Å². The van der Waals surface area contributed by atoms with Crippen molar-refractivity contribution >= 4 is 11.6 Å². The first-order valence-electron chi connectivity index (χ1n) is 3.48. The summed E-state index contributed by atoms with van der Waals surface area (Å²) in [6.45, 7) is 1.19. The summed E-state index contributed by atoms with van der Waals surface area (Å²) < 4.78 is 0. The van der Waals surface area contributed by atoms with E-state index < -0.39 is 0 Å². The molecule has 0 aliphatic rings. The van der Waals surface area contributed by atoms with Crippen molar-refractivity contribution in [2.24, 2.45) is 0 Å². The molecule has 0 aromatic rings. The van der Waals surface area contributed by atoms with Crippen molar-refractivity contribution in [3.8, 4) is 0 Å². The van der Waals surface area contributed by atoms with Crippen LogP contribution in [0.25, 0.3) is 0 Å². The van der Waals surface area contributed by atoms with Crippen LogP contribution >= 0.6 is 11.6 Å². The molecule has 0 aromatic carbocycles. The van der Waals surface area contributed by atoms with Gasteiger partial charge in [0.05, 0.1) is 0 Å². The van der Waals surface area contributed by atoms with Gasteiger partial charge in [0.15, 0.2) is 0 Å². The van der Waals surface area contributed by atoms with Gasteiger partial charge in [-0.1, -0.05) is 6.42 Å². The number of hydrogen-bond acceptors (Lipinski definition) is 1. The Morgan fingerprint density at radius 1 is 1.11 bits per heavy atom. The molecular formula is C7H16ClN. The van der Waals surface area contributed by atoms with Crippen LogP contribution in [0.15, 0.2) is 0 Å². The Morgan fingerprint density at radius 2 is 1.78 bits per heavy atom. The molecule has 0 heterocycles. The van der Waals surface area contributed by atoms with Crippen LogP contribution in [0.5, 0.6) is 0 Å². The first-order valence-corrected chi connectivity index (χ1v) is 4.01. The standard InChI is InChI=1S/C7H16ClN/c1-9(2)7-5-3-4-6-8/h3-7H2,1-2H3. The highest BCUT2D eigenvalue weighted by Crippen LogP contribution is 1.96. The molecule has 9 heavy (non-hydrogen) atoms.